The van der Waals surface area contributed by atoms with Gasteiger partial charge in [-0.25, -0.2) is 4.79 Å². The molecule has 3 aliphatic heterocycles. The van der Waals surface area contributed by atoms with Crippen LogP contribution in [-0.4, -0.2) is 67.3 Å². The van der Waals surface area contributed by atoms with Crippen molar-refractivity contribution >= 4 is 6.03 Å². The average molecular weight is 239 g/mol. The first kappa shape index (κ1) is 11.3. The van der Waals surface area contributed by atoms with Crippen molar-refractivity contribution in [2.24, 2.45) is 0 Å². The fraction of sp³-hybridized carbons (Fsp3) is 0.917. The van der Waals surface area contributed by atoms with Crippen LogP contribution in [0.5, 0.6) is 0 Å². The van der Waals surface area contributed by atoms with Crippen molar-refractivity contribution in [3.05, 3.63) is 0 Å². The van der Waals surface area contributed by atoms with E-state index >= 15 is 0 Å². The van der Waals surface area contributed by atoms with E-state index in [2.05, 4.69) is 5.32 Å². The predicted octanol–water partition coefficient (Wildman–Crippen LogP) is 0.265. The molecule has 2 atom stereocenters. The number of rotatable bonds is 3. The molecule has 1 N–H and O–H groups in total. The van der Waals surface area contributed by atoms with Crippen LogP contribution >= 0.6 is 0 Å². The van der Waals surface area contributed by atoms with E-state index in [0.29, 0.717) is 6.04 Å². The summed E-state index contributed by atoms with van der Waals surface area (Å²) in [5.74, 6) is 0. The van der Waals surface area contributed by atoms with E-state index < -0.39 is 0 Å². The van der Waals surface area contributed by atoms with Crippen molar-refractivity contribution in [2.45, 2.75) is 31.4 Å². The van der Waals surface area contributed by atoms with Crippen molar-refractivity contribution < 1.29 is 9.53 Å². The Morgan fingerprint density at radius 2 is 2.29 bits per heavy atom. The molecule has 0 spiro atoms. The standard InChI is InChI=1S/C12H21N3O2/c16-12-14(9-11-2-1-7-17-11)5-6-15(12)10-3-4-13-8-10/h10-11,13H,1-9H2. The van der Waals surface area contributed by atoms with Crippen LogP contribution in [0.4, 0.5) is 4.79 Å². The van der Waals surface area contributed by atoms with Gasteiger partial charge >= 0.3 is 6.03 Å². The normalized spacial score (nSPS) is 34.0. The predicted molar refractivity (Wildman–Crippen MR) is 63.9 cm³/mol. The number of ether oxygens (including phenoxy) is 1. The number of amides is 2. The zero-order valence-corrected chi connectivity index (χ0v) is 10.2. The molecule has 17 heavy (non-hydrogen) atoms. The van der Waals surface area contributed by atoms with Gasteiger partial charge < -0.3 is 19.9 Å². The van der Waals surface area contributed by atoms with Crippen molar-refractivity contribution in [1.29, 1.82) is 0 Å². The minimum absolute atomic E-state index is 0.217. The van der Waals surface area contributed by atoms with Gasteiger partial charge in [0.15, 0.2) is 0 Å². The number of carbonyl (C=O) groups excluding carboxylic acids is 1. The molecular weight excluding hydrogens is 218 g/mol. The molecule has 0 aliphatic carbocycles. The fourth-order valence-corrected chi connectivity index (χ4v) is 3.05. The van der Waals surface area contributed by atoms with Crippen LogP contribution in [-0.2, 0) is 4.74 Å². The minimum Gasteiger partial charge on any atom is -0.376 e. The van der Waals surface area contributed by atoms with E-state index in [1.165, 1.54) is 0 Å². The van der Waals surface area contributed by atoms with Crippen molar-refractivity contribution in [2.75, 3.05) is 39.3 Å². The Balaban J connectivity index is 1.55. The number of hydrogen-bond donors (Lipinski definition) is 1. The summed E-state index contributed by atoms with van der Waals surface area (Å²) in [7, 11) is 0. The zero-order chi connectivity index (χ0) is 11.7. The Labute approximate surface area is 102 Å². The van der Waals surface area contributed by atoms with Gasteiger partial charge in [0.25, 0.3) is 0 Å². The summed E-state index contributed by atoms with van der Waals surface area (Å²) in [5.41, 5.74) is 0. The van der Waals surface area contributed by atoms with Crippen molar-refractivity contribution in [1.82, 2.24) is 15.1 Å². The second kappa shape index (κ2) is 4.82. The SMILES string of the molecule is O=C1N(CC2CCCO2)CCN1C1CCNC1. The number of urea groups is 1. The molecule has 2 amide bonds. The van der Waals surface area contributed by atoms with Gasteiger partial charge in [-0.3, -0.25) is 0 Å². The maximum atomic E-state index is 12.2. The lowest BCUT2D eigenvalue weighted by molar-refractivity contribution is 0.0850. The molecular formula is C12H21N3O2. The topological polar surface area (TPSA) is 44.8 Å². The summed E-state index contributed by atoms with van der Waals surface area (Å²) >= 11 is 0. The molecule has 0 aromatic carbocycles. The summed E-state index contributed by atoms with van der Waals surface area (Å²) < 4.78 is 5.60. The second-order valence-electron chi connectivity index (χ2n) is 5.20. The maximum Gasteiger partial charge on any atom is 0.320 e. The molecule has 0 radical (unpaired) electrons. The molecule has 0 bridgehead atoms. The third-order valence-corrected chi connectivity index (χ3v) is 4.05. The monoisotopic (exact) mass is 239 g/mol. The average Bonchev–Trinajstić information content (AvgIpc) is 3.03. The molecule has 5 nitrogen and oxygen atoms in total. The van der Waals surface area contributed by atoms with E-state index in [1.807, 2.05) is 9.80 Å². The Hall–Kier alpha value is -0.810. The lowest BCUT2D eigenvalue weighted by atomic mass is 10.2. The van der Waals surface area contributed by atoms with Crippen LogP contribution < -0.4 is 5.32 Å². The number of carbonyl (C=O) groups is 1. The van der Waals surface area contributed by atoms with Gasteiger partial charge in [0.1, 0.15) is 0 Å². The highest BCUT2D eigenvalue weighted by Gasteiger charge is 2.36. The first-order chi connectivity index (χ1) is 8.34. The van der Waals surface area contributed by atoms with E-state index in [9.17, 15) is 4.79 Å². The first-order valence-corrected chi connectivity index (χ1v) is 6.72. The van der Waals surface area contributed by atoms with Crippen LogP contribution in [0.25, 0.3) is 0 Å². The van der Waals surface area contributed by atoms with E-state index in [4.69, 9.17) is 4.74 Å². The molecule has 3 aliphatic rings. The van der Waals surface area contributed by atoms with Crippen molar-refractivity contribution in [3.8, 4) is 0 Å². The van der Waals surface area contributed by atoms with Gasteiger partial charge in [0, 0.05) is 38.8 Å². The number of nitrogens with zero attached hydrogens (tertiary/aromatic N) is 2. The van der Waals surface area contributed by atoms with Gasteiger partial charge in [-0.15, -0.1) is 0 Å². The Morgan fingerprint density at radius 1 is 1.35 bits per heavy atom. The summed E-state index contributed by atoms with van der Waals surface area (Å²) in [5, 5.41) is 3.32. The number of nitrogens with one attached hydrogen (secondary N) is 1. The van der Waals surface area contributed by atoms with Crippen LogP contribution in [0.1, 0.15) is 19.3 Å². The first-order valence-electron chi connectivity index (χ1n) is 6.72. The highest BCUT2D eigenvalue weighted by molar-refractivity contribution is 5.77. The van der Waals surface area contributed by atoms with Gasteiger partial charge in [-0.05, 0) is 25.8 Å². The minimum atomic E-state index is 0.217. The van der Waals surface area contributed by atoms with E-state index in [-0.39, 0.29) is 12.1 Å². The third-order valence-electron chi connectivity index (χ3n) is 4.05. The maximum absolute atomic E-state index is 12.2. The molecule has 3 fully saturated rings. The molecule has 2 unspecified atom stereocenters. The summed E-state index contributed by atoms with van der Waals surface area (Å²) in [4.78, 5) is 16.3. The Morgan fingerprint density at radius 3 is 3.00 bits per heavy atom. The third kappa shape index (κ3) is 2.26. The highest BCUT2D eigenvalue weighted by atomic mass is 16.5. The van der Waals surface area contributed by atoms with Crippen LogP contribution in [0.15, 0.2) is 0 Å². The van der Waals surface area contributed by atoms with Crippen molar-refractivity contribution in [3.63, 3.8) is 0 Å². The molecule has 0 saturated carbocycles. The Bertz CT molecular complexity index is 285. The van der Waals surface area contributed by atoms with Gasteiger partial charge in [0.2, 0.25) is 0 Å². The second-order valence-corrected chi connectivity index (χ2v) is 5.20. The lowest BCUT2D eigenvalue weighted by Crippen LogP contribution is -2.42. The molecule has 0 aromatic rings. The molecule has 3 heterocycles. The lowest BCUT2D eigenvalue weighted by Gasteiger charge is -2.24. The molecule has 96 valence electrons. The van der Waals surface area contributed by atoms with Crippen LogP contribution in [0.3, 0.4) is 0 Å². The van der Waals surface area contributed by atoms with Gasteiger partial charge in [-0.2, -0.15) is 0 Å². The summed E-state index contributed by atoms with van der Waals surface area (Å²) in [6, 6.07) is 0.631. The number of hydrogen-bond acceptors (Lipinski definition) is 3. The highest BCUT2D eigenvalue weighted by Crippen LogP contribution is 2.20. The van der Waals surface area contributed by atoms with Crippen LogP contribution in [0, 0.1) is 0 Å². The Kier molecular flexibility index (Phi) is 3.20. The van der Waals surface area contributed by atoms with Gasteiger partial charge in [-0.1, -0.05) is 0 Å². The van der Waals surface area contributed by atoms with E-state index in [1.54, 1.807) is 0 Å². The molecule has 3 rings (SSSR count). The largest absolute Gasteiger partial charge is 0.376 e. The molecule has 0 aromatic heterocycles. The fourth-order valence-electron chi connectivity index (χ4n) is 3.05. The molecule has 5 heteroatoms. The van der Waals surface area contributed by atoms with Crippen LogP contribution in [0.2, 0.25) is 0 Å². The smallest absolute Gasteiger partial charge is 0.320 e. The van der Waals surface area contributed by atoms with E-state index in [0.717, 1.165) is 58.6 Å². The zero-order valence-electron chi connectivity index (χ0n) is 10.2. The quantitative estimate of drug-likeness (QED) is 0.768. The molecule has 3 saturated heterocycles. The summed E-state index contributed by atoms with van der Waals surface area (Å²) in [6.07, 6.45) is 3.62. The van der Waals surface area contributed by atoms with Gasteiger partial charge in [0.05, 0.1) is 6.10 Å². The summed E-state index contributed by atoms with van der Waals surface area (Å²) in [6.45, 7) is 5.41.